The highest BCUT2D eigenvalue weighted by molar-refractivity contribution is 6.11. The van der Waals surface area contributed by atoms with Gasteiger partial charge in [0.1, 0.15) is 6.61 Å². The Kier molecular flexibility index (Phi) is 7.75. The van der Waals surface area contributed by atoms with Crippen molar-refractivity contribution >= 4 is 29.5 Å². The number of hydrogen-bond acceptors (Lipinski definition) is 5. The van der Waals surface area contributed by atoms with Crippen molar-refractivity contribution in [2.45, 2.75) is 13.5 Å². The van der Waals surface area contributed by atoms with Gasteiger partial charge in [0.05, 0.1) is 0 Å². The van der Waals surface area contributed by atoms with Crippen LogP contribution in [0.1, 0.15) is 49.9 Å². The first-order valence-corrected chi connectivity index (χ1v) is 9.97. The minimum atomic E-state index is -0.173. The summed E-state index contributed by atoms with van der Waals surface area (Å²) in [5.41, 5.74) is 3.98. The summed E-state index contributed by atoms with van der Waals surface area (Å²) >= 11 is 0. The zero-order valence-corrected chi connectivity index (χ0v) is 17.5. The zero-order chi connectivity index (χ0) is 22.9. The van der Waals surface area contributed by atoms with Crippen LogP contribution in [0.3, 0.4) is 0 Å². The van der Waals surface area contributed by atoms with Gasteiger partial charge in [-0.2, -0.15) is 0 Å². The van der Waals surface area contributed by atoms with Gasteiger partial charge < -0.3 is 0 Å². The molecule has 0 heterocycles. The van der Waals surface area contributed by atoms with E-state index in [-0.39, 0.29) is 24.0 Å². The fourth-order valence-corrected chi connectivity index (χ4v) is 2.98. The predicted molar refractivity (Wildman–Crippen MR) is 123 cm³/mol. The van der Waals surface area contributed by atoms with Gasteiger partial charge in [-0.1, -0.05) is 84.9 Å². The van der Waals surface area contributed by atoms with Crippen molar-refractivity contribution in [3.63, 3.8) is 0 Å². The molecule has 0 saturated carbocycles. The Labute approximate surface area is 186 Å². The van der Waals surface area contributed by atoms with E-state index in [1.807, 2.05) is 12.1 Å². The van der Waals surface area contributed by atoms with E-state index in [0.717, 1.165) is 16.7 Å². The second-order valence-corrected chi connectivity index (χ2v) is 7.19. The average molecular weight is 426 g/mol. The first kappa shape index (κ1) is 22.7. The molecule has 5 nitrogen and oxygen atoms in total. The molecule has 1 N–H and O–H groups in total. The lowest BCUT2D eigenvalue weighted by atomic mass is 9.99. The van der Waals surface area contributed by atoms with Crippen LogP contribution in [0.2, 0.25) is 0 Å². The largest absolute Gasteiger partial charge is 0.295 e. The van der Waals surface area contributed by atoms with Crippen molar-refractivity contribution in [3.05, 3.63) is 118 Å². The van der Waals surface area contributed by atoms with Crippen LogP contribution in [-0.4, -0.2) is 22.6 Å². The minimum absolute atomic E-state index is 0.0410. The maximum Gasteiger partial charge on any atom is 0.193 e. The highest BCUT2D eigenvalue weighted by Gasteiger charge is 2.10. The molecule has 0 spiro atoms. The molecule has 0 aliphatic rings. The normalized spacial score (nSPS) is 11.2. The number of rotatable bonds is 9. The summed E-state index contributed by atoms with van der Waals surface area (Å²) in [7, 11) is 0. The third-order valence-electron chi connectivity index (χ3n) is 4.75. The van der Waals surface area contributed by atoms with Gasteiger partial charge in [0.15, 0.2) is 17.3 Å². The van der Waals surface area contributed by atoms with Crippen LogP contribution in [0.4, 0.5) is 0 Å². The van der Waals surface area contributed by atoms with Gasteiger partial charge in [0.2, 0.25) is 0 Å². The third kappa shape index (κ3) is 6.28. The van der Waals surface area contributed by atoms with Crippen LogP contribution in [0, 0.1) is 0 Å². The molecule has 0 aromatic heterocycles. The van der Waals surface area contributed by atoms with Crippen molar-refractivity contribution in [2.24, 2.45) is 0 Å². The van der Waals surface area contributed by atoms with E-state index < -0.39 is 0 Å². The summed E-state index contributed by atoms with van der Waals surface area (Å²) in [6.07, 6.45) is 6.35. The number of carbonyl (C=O) groups excluding carboxylic acids is 3. The molecular weight excluding hydrogens is 404 g/mol. The highest BCUT2D eigenvalue weighted by atomic mass is 17.1. The Balaban J connectivity index is 1.65. The third-order valence-corrected chi connectivity index (χ3v) is 4.75. The van der Waals surface area contributed by atoms with E-state index in [4.69, 9.17) is 5.26 Å². The fourth-order valence-electron chi connectivity index (χ4n) is 2.98. The maximum absolute atomic E-state index is 12.7. The molecule has 0 atom stereocenters. The molecule has 0 saturated heterocycles. The number of benzene rings is 3. The second kappa shape index (κ2) is 10.9. The summed E-state index contributed by atoms with van der Waals surface area (Å²) in [4.78, 5) is 40.2. The Morgan fingerprint density at radius 3 is 1.72 bits per heavy atom. The molecule has 0 bridgehead atoms. The Morgan fingerprint density at radius 2 is 1.19 bits per heavy atom. The molecule has 5 heteroatoms. The number of allylic oxidation sites excluding steroid dienone is 2. The van der Waals surface area contributed by atoms with Crippen LogP contribution in [0.15, 0.2) is 84.9 Å². The standard InChI is InChI=1S/C27H22O5/c1-19(28)2-3-20-8-11-24(12-9-20)27(30)25-15-13-23(14-16-25)26(29)17-10-21-4-6-22(7-5-21)18-32-31/h2-17,31H,18H2,1H3/b3-2+,17-10+. The van der Waals surface area contributed by atoms with E-state index >= 15 is 0 Å². The van der Waals surface area contributed by atoms with E-state index in [9.17, 15) is 14.4 Å². The molecule has 0 amide bonds. The van der Waals surface area contributed by atoms with Gasteiger partial charge in [-0.25, -0.2) is 4.89 Å². The zero-order valence-electron chi connectivity index (χ0n) is 17.5. The molecule has 0 aliphatic carbocycles. The van der Waals surface area contributed by atoms with Gasteiger partial charge in [-0.3, -0.25) is 19.6 Å². The molecule has 0 unspecified atom stereocenters. The second-order valence-electron chi connectivity index (χ2n) is 7.19. The van der Waals surface area contributed by atoms with Gasteiger partial charge in [0.25, 0.3) is 0 Å². The summed E-state index contributed by atoms with van der Waals surface area (Å²) in [6.45, 7) is 1.58. The lowest BCUT2D eigenvalue weighted by Gasteiger charge is -2.03. The Hall–Kier alpha value is -3.93. The van der Waals surface area contributed by atoms with E-state index in [1.165, 1.54) is 19.1 Å². The van der Waals surface area contributed by atoms with Gasteiger partial charge in [0, 0.05) is 16.7 Å². The molecule has 0 radical (unpaired) electrons. The number of hydrogen-bond donors (Lipinski definition) is 1. The molecule has 32 heavy (non-hydrogen) atoms. The minimum Gasteiger partial charge on any atom is -0.295 e. The first-order chi connectivity index (χ1) is 15.5. The van der Waals surface area contributed by atoms with E-state index in [1.54, 1.807) is 72.8 Å². The van der Waals surface area contributed by atoms with Crippen LogP contribution in [-0.2, 0) is 16.3 Å². The van der Waals surface area contributed by atoms with E-state index in [0.29, 0.717) is 16.7 Å². The van der Waals surface area contributed by atoms with Crippen molar-refractivity contribution in [1.82, 2.24) is 0 Å². The summed E-state index contributed by atoms with van der Waals surface area (Å²) in [5.74, 6) is -0.359. The molecule has 3 aromatic carbocycles. The molecule has 3 rings (SSSR count). The SMILES string of the molecule is CC(=O)/C=C/c1ccc(C(=O)c2ccc(C(=O)/C=C/c3ccc(COO)cc3)cc2)cc1. The van der Waals surface area contributed by atoms with Crippen LogP contribution in [0.5, 0.6) is 0 Å². The molecule has 3 aromatic rings. The van der Waals surface area contributed by atoms with Crippen LogP contribution >= 0.6 is 0 Å². The highest BCUT2D eigenvalue weighted by Crippen LogP contribution is 2.14. The topological polar surface area (TPSA) is 80.7 Å². The smallest absolute Gasteiger partial charge is 0.193 e. The van der Waals surface area contributed by atoms with Gasteiger partial charge in [-0.15, -0.1) is 0 Å². The number of carbonyl (C=O) groups is 3. The van der Waals surface area contributed by atoms with Crippen LogP contribution in [0.25, 0.3) is 12.2 Å². The van der Waals surface area contributed by atoms with Crippen molar-refractivity contribution in [1.29, 1.82) is 0 Å². The predicted octanol–water partition coefficient (Wildman–Crippen LogP) is 5.41. The number of ketones is 3. The lowest BCUT2D eigenvalue weighted by molar-refractivity contribution is -0.253. The van der Waals surface area contributed by atoms with Crippen molar-refractivity contribution < 1.29 is 24.5 Å². The maximum atomic E-state index is 12.7. The Bertz CT molecular complexity index is 1150. The fraction of sp³-hybridized carbons (Fsp3) is 0.0741. The molecule has 160 valence electrons. The molecule has 0 aliphatic heterocycles. The summed E-state index contributed by atoms with van der Waals surface area (Å²) < 4.78 is 0. The average Bonchev–Trinajstić information content (AvgIpc) is 2.82. The monoisotopic (exact) mass is 426 g/mol. The van der Waals surface area contributed by atoms with Crippen LogP contribution < -0.4 is 0 Å². The summed E-state index contributed by atoms with van der Waals surface area (Å²) in [5, 5.41) is 8.46. The van der Waals surface area contributed by atoms with Crippen molar-refractivity contribution in [3.8, 4) is 0 Å². The quantitative estimate of drug-likeness (QED) is 0.214. The first-order valence-electron chi connectivity index (χ1n) is 9.97. The van der Waals surface area contributed by atoms with Gasteiger partial charge in [-0.05, 0) is 35.8 Å². The van der Waals surface area contributed by atoms with E-state index in [2.05, 4.69) is 4.89 Å². The van der Waals surface area contributed by atoms with Crippen molar-refractivity contribution in [2.75, 3.05) is 0 Å². The Morgan fingerprint density at radius 1 is 0.719 bits per heavy atom. The lowest BCUT2D eigenvalue weighted by Crippen LogP contribution is -2.02. The molecular formula is C27H22O5. The molecule has 0 fully saturated rings. The summed E-state index contributed by atoms with van der Waals surface area (Å²) in [6, 6.07) is 20.7. The van der Waals surface area contributed by atoms with Gasteiger partial charge >= 0.3 is 0 Å².